The van der Waals surface area contributed by atoms with Crippen molar-refractivity contribution in [3.63, 3.8) is 0 Å². The highest BCUT2D eigenvalue weighted by Crippen LogP contribution is 2.33. The summed E-state index contributed by atoms with van der Waals surface area (Å²) in [5.74, 6) is -0.341. The first-order valence-electron chi connectivity index (χ1n) is 11.4. The Kier molecular flexibility index (Phi) is 7.48. The number of carbonyl (C=O) groups excluding carboxylic acids is 3. The van der Waals surface area contributed by atoms with Crippen molar-refractivity contribution in [3.05, 3.63) is 88.9 Å². The molecule has 0 saturated heterocycles. The van der Waals surface area contributed by atoms with Gasteiger partial charge in [-0.3, -0.25) is 14.4 Å². The molecule has 1 aliphatic heterocycles. The van der Waals surface area contributed by atoms with Crippen LogP contribution in [-0.4, -0.2) is 48.8 Å². The number of nitrogens with zero attached hydrogens (tertiary/aromatic N) is 2. The summed E-state index contributed by atoms with van der Waals surface area (Å²) in [6, 6.07) is 15.8. The van der Waals surface area contributed by atoms with E-state index in [0.29, 0.717) is 29.2 Å². The molecule has 0 spiro atoms. The first-order chi connectivity index (χ1) is 17.3. The summed E-state index contributed by atoms with van der Waals surface area (Å²) in [4.78, 5) is 37.5. The number of esters is 1. The predicted molar refractivity (Wildman–Crippen MR) is 132 cm³/mol. The van der Waals surface area contributed by atoms with Crippen molar-refractivity contribution in [1.82, 2.24) is 10.3 Å². The van der Waals surface area contributed by atoms with E-state index in [4.69, 9.17) is 13.9 Å². The molecule has 4 rings (SSSR count). The number of aryl methyl sites for hydroxylation is 2. The number of ether oxygens (including phenoxy) is 2. The Morgan fingerprint density at radius 3 is 2.44 bits per heavy atom. The molecule has 9 nitrogen and oxygen atoms in total. The van der Waals surface area contributed by atoms with Crippen molar-refractivity contribution >= 4 is 23.5 Å². The fourth-order valence-corrected chi connectivity index (χ4v) is 4.02. The highest BCUT2D eigenvalue weighted by molar-refractivity contribution is 6.03. The van der Waals surface area contributed by atoms with Gasteiger partial charge in [0.2, 0.25) is 0 Å². The number of hydrogen-bond donors (Lipinski definition) is 1. The first-order valence-corrected chi connectivity index (χ1v) is 11.4. The molecule has 1 atom stereocenters. The quantitative estimate of drug-likeness (QED) is 0.485. The highest BCUT2D eigenvalue weighted by Gasteiger charge is 2.35. The van der Waals surface area contributed by atoms with Gasteiger partial charge >= 0.3 is 5.97 Å². The third-order valence-corrected chi connectivity index (χ3v) is 5.69. The van der Waals surface area contributed by atoms with Crippen molar-refractivity contribution in [3.8, 4) is 5.75 Å². The molecule has 9 heteroatoms. The van der Waals surface area contributed by atoms with E-state index >= 15 is 0 Å². The number of hydrogen-bond acceptors (Lipinski definition) is 7. The van der Waals surface area contributed by atoms with Crippen molar-refractivity contribution < 1.29 is 28.3 Å². The normalized spacial score (nSPS) is 14.8. The summed E-state index contributed by atoms with van der Waals surface area (Å²) in [6.07, 6.45) is 1.97. The average Bonchev–Trinajstić information content (AvgIpc) is 3.55. The van der Waals surface area contributed by atoms with E-state index in [-0.39, 0.29) is 6.54 Å². The maximum absolute atomic E-state index is 13.0. The van der Waals surface area contributed by atoms with Crippen LogP contribution in [0, 0.1) is 13.8 Å². The lowest BCUT2D eigenvalue weighted by atomic mass is 10.0. The Morgan fingerprint density at radius 2 is 1.81 bits per heavy atom. The second-order valence-corrected chi connectivity index (χ2v) is 8.47. The summed E-state index contributed by atoms with van der Waals surface area (Å²) in [5.41, 5.74) is 3.88. The van der Waals surface area contributed by atoms with Gasteiger partial charge in [0.05, 0.1) is 19.1 Å². The average molecular weight is 490 g/mol. The fraction of sp³-hybridized carbons (Fsp3) is 0.259. The van der Waals surface area contributed by atoms with Crippen LogP contribution in [-0.2, 0) is 14.3 Å². The molecule has 2 amide bonds. The molecule has 0 aliphatic carbocycles. The van der Waals surface area contributed by atoms with E-state index in [0.717, 1.165) is 16.7 Å². The molecule has 1 aromatic heterocycles. The SMILES string of the molecule is COc1ccc(C2=NN(C(=O)COC(=O)CNC(=O)c3cc(C)cc(C)c3)C(c3ccco3)C2)cc1. The second kappa shape index (κ2) is 10.9. The van der Waals surface area contributed by atoms with Gasteiger partial charge in [-0.25, -0.2) is 5.01 Å². The molecule has 2 heterocycles. The van der Waals surface area contributed by atoms with Gasteiger partial charge in [0.1, 0.15) is 24.1 Å². The van der Waals surface area contributed by atoms with Crippen molar-refractivity contribution in [2.45, 2.75) is 26.3 Å². The molecule has 0 radical (unpaired) electrons. The van der Waals surface area contributed by atoms with Crippen molar-refractivity contribution in [2.75, 3.05) is 20.3 Å². The number of carbonyl (C=O) groups is 3. The van der Waals surface area contributed by atoms with Crippen LogP contribution in [0.25, 0.3) is 0 Å². The number of methoxy groups -OCH3 is 1. The second-order valence-electron chi connectivity index (χ2n) is 8.47. The van der Waals surface area contributed by atoms with E-state index in [9.17, 15) is 14.4 Å². The van der Waals surface area contributed by atoms with Gasteiger partial charge in [-0.2, -0.15) is 5.10 Å². The summed E-state index contributed by atoms with van der Waals surface area (Å²) in [7, 11) is 1.59. The van der Waals surface area contributed by atoms with E-state index in [1.807, 2.05) is 44.2 Å². The lowest BCUT2D eigenvalue weighted by molar-refractivity contribution is -0.152. The Balaban J connectivity index is 1.37. The van der Waals surface area contributed by atoms with Gasteiger partial charge in [-0.1, -0.05) is 17.2 Å². The molecule has 186 valence electrons. The summed E-state index contributed by atoms with van der Waals surface area (Å²) in [6.45, 7) is 2.90. The van der Waals surface area contributed by atoms with Crippen LogP contribution in [0.2, 0.25) is 0 Å². The van der Waals surface area contributed by atoms with Gasteiger partial charge in [-0.05, 0) is 67.9 Å². The van der Waals surface area contributed by atoms with Crippen LogP contribution in [0.4, 0.5) is 0 Å². The lowest BCUT2D eigenvalue weighted by Crippen LogP contribution is -2.34. The summed E-state index contributed by atoms with van der Waals surface area (Å²) >= 11 is 0. The highest BCUT2D eigenvalue weighted by atomic mass is 16.5. The zero-order chi connectivity index (χ0) is 25.7. The largest absolute Gasteiger partial charge is 0.497 e. The fourth-order valence-electron chi connectivity index (χ4n) is 4.02. The topological polar surface area (TPSA) is 110 Å². The van der Waals surface area contributed by atoms with E-state index in [1.54, 1.807) is 31.4 Å². The zero-order valence-electron chi connectivity index (χ0n) is 20.3. The van der Waals surface area contributed by atoms with Crippen LogP contribution in [0.1, 0.15) is 45.3 Å². The molecule has 1 N–H and O–H groups in total. The molecule has 1 unspecified atom stereocenters. The molecule has 0 fully saturated rings. The third kappa shape index (κ3) is 5.80. The number of benzene rings is 2. The molecule has 2 aromatic carbocycles. The predicted octanol–water partition coefficient (Wildman–Crippen LogP) is 3.56. The Bertz CT molecular complexity index is 1260. The number of rotatable bonds is 8. The van der Waals surface area contributed by atoms with Gasteiger partial charge in [0.25, 0.3) is 11.8 Å². The Hall–Kier alpha value is -4.40. The smallest absolute Gasteiger partial charge is 0.325 e. The molecule has 36 heavy (non-hydrogen) atoms. The minimum Gasteiger partial charge on any atom is -0.497 e. The maximum Gasteiger partial charge on any atom is 0.325 e. The first kappa shape index (κ1) is 24.7. The lowest BCUT2D eigenvalue weighted by Gasteiger charge is -2.19. The molecule has 3 aromatic rings. The molecule has 1 aliphatic rings. The Morgan fingerprint density at radius 1 is 1.08 bits per heavy atom. The number of nitrogens with one attached hydrogen (secondary N) is 1. The van der Waals surface area contributed by atoms with Crippen LogP contribution in [0.15, 0.2) is 70.4 Å². The van der Waals surface area contributed by atoms with Crippen LogP contribution >= 0.6 is 0 Å². The molecule has 0 saturated carbocycles. The minimum absolute atomic E-state index is 0.360. The molecular formula is C27H27N3O6. The van der Waals surface area contributed by atoms with Gasteiger partial charge in [-0.15, -0.1) is 0 Å². The monoisotopic (exact) mass is 489 g/mol. The summed E-state index contributed by atoms with van der Waals surface area (Å²) < 4.78 is 15.9. The summed E-state index contributed by atoms with van der Waals surface area (Å²) in [5, 5.41) is 8.30. The van der Waals surface area contributed by atoms with E-state index < -0.39 is 30.4 Å². The maximum atomic E-state index is 13.0. The standard InChI is InChI=1S/C27H27N3O6/c1-17-11-18(2)13-20(12-17)27(33)28-15-26(32)36-16-25(31)30-23(24-5-4-10-35-24)14-22(29-30)19-6-8-21(34-3)9-7-19/h4-13,23H,14-16H2,1-3H3,(H,28,33). The van der Waals surface area contributed by atoms with Gasteiger partial charge < -0.3 is 19.2 Å². The number of hydrazone groups is 1. The van der Waals surface area contributed by atoms with Crippen LogP contribution in [0.5, 0.6) is 5.75 Å². The third-order valence-electron chi connectivity index (χ3n) is 5.69. The van der Waals surface area contributed by atoms with Crippen molar-refractivity contribution in [1.29, 1.82) is 0 Å². The molecule has 0 bridgehead atoms. The Labute approximate surface area is 208 Å². The van der Waals surface area contributed by atoms with Crippen molar-refractivity contribution in [2.24, 2.45) is 5.10 Å². The van der Waals surface area contributed by atoms with E-state index in [2.05, 4.69) is 10.4 Å². The van der Waals surface area contributed by atoms with Crippen LogP contribution in [0.3, 0.4) is 0 Å². The van der Waals surface area contributed by atoms with Gasteiger partial charge in [0, 0.05) is 12.0 Å². The number of furan rings is 1. The number of amides is 2. The van der Waals surface area contributed by atoms with Gasteiger partial charge in [0.15, 0.2) is 6.61 Å². The minimum atomic E-state index is -0.728. The van der Waals surface area contributed by atoms with Crippen LogP contribution < -0.4 is 10.1 Å². The van der Waals surface area contributed by atoms with E-state index in [1.165, 1.54) is 11.3 Å². The zero-order valence-corrected chi connectivity index (χ0v) is 20.3. The molecular weight excluding hydrogens is 462 g/mol.